The molecule has 0 amide bonds. The van der Waals surface area contributed by atoms with E-state index in [1.165, 1.54) is 58.0 Å². The summed E-state index contributed by atoms with van der Waals surface area (Å²) >= 11 is 0. The Morgan fingerprint density at radius 2 is 2.14 bits per heavy atom. The number of likely N-dealkylation sites (tertiary alicyclic amines) is 1. The maximum atomic E-state index is 6.25. The number of nitrogens with two attached hydrogens (primary N) is 1. The van der Waals surface area contributed by atoms with Crippen molar-refractivity contribution in [2.24, 2.45) is 11.7 Å². The Balaban J connectivity index is 1.49. The van der Waals surface area contributed by atoms with E-state index in [9.17, 15) is 0 Å². The minimum absolute atomic E-state index is 0.238. The van der Waals surface area contributed by atoms with Crippen molar-refractivity contribution in [3.8, 4) is 0 Å². The van der Waals surface area contributed by atoms with Crippen LogP contribution in [0.25, 0.3) is 0 Å². The van der Waals surface area contributed by atoms with Gasteiger partial charge < -0.3 is 10.6 Å². The quantitative estimate of drug-likeness (QED) is 0.741. The van der Waals surface area contributed by atoms with Gasteiger partial charge in [-0.3, -0.25) is 0 Å². The second-order valence-corrected chi connectivity index (χ2v) is 5.79. The fourth-order valence-electron chi connectivity index (χ4n) is 3.55. The van der Waals surface area contributed by atoms with Crippen molar-refractivity contribution in [1.29, 1.82) is 0 Å². The Labute approximate surface area is 86.8 Å². The molecule has 0 aromatic carbocycles. The molecule has 1 aliphatic heterocycles. The lowest BCUT2D eigenvalue weighted by atomic mass is 9.75. The van der Waals surface area contributed by atoms with Crippen molar-refractivity contribution in [1.82, 2.24) is 4.90 Å². The maximum Gasteiger partial charge on any atom is 0.0166 e. The number of hydrogen-bond acceptors (Lipinski definition) is 2. The van der Waals surface area contributed by atoms with E-state index in [-0.39, 0.29) is 5.54 Å². The molecule has 0 radical (unpaired) electrons. The largest absolute Gasteiger partial charge is 0.325 e. The highest BCUT2D eigenvalue weighted by Crippen LogP contribution is 2.39. The van der Waals surface area contributed by atoms with Crippen molar-refractivity contribution < 1.29 is 0 Å². The van der Waals surface area contributed by atoms with Crippen LogP contribution in [0.15, 0.2) is 0 Å². The SMILES string of the molecule is NC1(CCN2CC3CCC2C3)CCC1. The summed E-state index contributed by atoms with van der Waals surface area (Å²) in [4.78, 5) is 2.71. The highest BCUT2D eigenvalue weighted by Gasteiger charge is 2.39. The van der Waals surface area contributed by atoms with Gasteiger partial charge in [0.1, 0.15) is 0 Å². The molecule has 1 saturated heterocycles. The van der Waals surface area contributed by atoms with E-state index < -0.39 is 0 Å². The third kappa shape index (κ3) is 1.49. The zero-order valence-corrected chi connectivity index (χ0v) is 9.04. The van der Waals surface area contributed by atoms with Crippen LogP contribution < -0.4 is 5.73 Å². The van der Waals surface area contributed by atoms with E-state index in [0.717, 1.165) is 12.0 Å². The lowest BCUT2D eigenvalue weighted by Gasteiger charge is -2.40. The molecule has 3 fully saturated rings. The van der Waals surface area contributed by atoms with Gasteiger partial charge in [-0.25, -0.2) is 0 Å². The number of nitrogens with zero attached hydrogens (tertiary/aromatic N) is 1. The van der Waals surface area contributed by atoms with Gasteiger partial charge in [0.15, 0.2) is 0 Å². The molecule has 0 aromatic heterocycles. The molecule has 14 heavy (non-hydrogen) atoms. The fraction of sp³-hybridized carbons (Fsp3) is 1.00. The molecule has 80 valence electrons. The molecule has 2 bridgehead atoms. The second kappa shape index (κ2) is 3.21. The Kier molecular flexibility index (Phi) is 2.10. The topological polar surface area (TPSA) is 29.3 Å². The van der Waals surface area contributed by atoms with E-state index in [0.29, 0.717) is 0 Å². The van der Waals surface area contributed by atoms with E-state index in [1.807, 2.05) is 0 Å². The van der Waals surface area contributed by atoms with Crippen LogP contribution in [-0.4, -0.2) is 29.6 Å². The highest BCUT2D eigenvalue weighted by atomic mass is 15.2. The van der Waals surface area contributed by atoms with Gasteiger partial charge in [0.05, 0.1) is 0 Å². The first kappa shape index (κ1) is 9.17. The van der Waals surface area contributed by atoms with Crippen LogP contribution in [0.3, 0.4) is 0 Å². The molecule has 3 aliphatic rings. The molecule has 3 rings (SSSR count). The van der Waals surface area contributed by atoms with Crippen LogP contribution in [0.5, 0.6) is 0 Å². The molecular formula is C12H22N2. The fourth-order valence-corrected chi connectivity index (χ4v) is 3.55. The normalized spacial score (nSPS) is 40.1. The summed E-state index contributed by atoms with van der Waals surface area (Å²) in [6, 6.07) is 0.934. The van der Waals surface area contributed by atoms with Crippen molar-refractivity contribution in [2.75, 3.05) is 13.1 Å². The van der Waals surface area contributed by atoms with Crippen molar-refractivity contribution in [2.45, 2.75) is 56.5 Å². The molecule has 2 heteroatoms. The zero-order valence-electron chi connectivity index (χ0n) is 9.04. The molecule has 2 nitrogen and oxygen atoms in total. The molecule has 1 heterocycles. The summed E-state index contributed by atoms with van der Waals surface area (Å²) in [5.74, 6) is 1.04. The monoisotopic (exact) mass is 194 g/mol. The Hall–Kier alpha value is -0.0800. The lowest BCUT2D eigenvalue weighted by molar-refractivity contribution is 0.157. The summed E-state index contributed by atoms with van der Waals surface area (Å²) in [6.07, 6.45) is 9.59. The minimum Gasteiger partial charge on any atom is -0.325 e. The standard InChI is InChI=1S/C12H22N2/c13-12(4-1-5-12)6-7-14-9-10-2-3-11(14)8-10/h10-11H,1-9,13H2. The highest BCUT2D eigenvalue weighted by molar-refractivity contribution is 4.96. The molecule has 2 atom stereocenters. The molecule has 2 saturated carbocycles. The van der Waals surface area contributed by atoms with Crippen molar-refractivity contribution in [3.05, 3.63) is 0 Å². The third-order valence-corrected chi connectivity index (χ3v) is 4.77. The number of hydrogen-bond donors (Lipinski definition) is 1. The van der Waals surface area contributed by atoms with Crippen molar-refractivity contribution >= 4 is 0 Å². The smallest absolute Gasteiger partial charge is 0.0166 e. The zero-order chi connectivity index (χ0) is 9.60. The summed E-state index contributed by atoms with van der Waals surface area (Å²) in [5.41, 5.74) is 6.49. The Morgan fingerprint density at radius 1 is 1.29 bits per heavy atom. The number of fused-ring (bicyclic) bond motifs is 2. The average Bonchev–Trinajstić information content (AvgIpc) is 2.72. The molecular weight excluding hydrogens is 172 g/mol. The second-order valence-electron chi connectivity index (χ2n) is 5.79. The average molecular weight is 194 g/mol. The summed E-state index contributed by atoms with van der Waals surface area (Å²) in [6.45, 7) is 2.65. The third-order valence-electron chi connectivity index (χ3n) is 4.77. The van der Waals surface area contributed by atoms with Gasteiger partial charge >= 0.3 is 0 Å². The van der Waals surface area contributed by atoms with Gasteiger partial charge in [0.25, 0.3) is 0 Å². The van der Waals surface area contributed by atoms with Crippen LogP contribution in [0, 0.1) is 5.92 Å². The van der Waals surface area contributed by atoms with Gasteiger partial charge in [0, 0.05) is 24.7 Å². The first-order valence-electron chi connectivity index (χ1n) is 6.28. The van der Waals surface area contributed by atoms with Crippen LogP contribution in [0.2, 0.25) is 0 Å². The van der Waals surface area contributed by atoms with Gasteiger partial charge in [0.2, 0.25) is 0 Å². The predicted molar refractivity (Wildman–Crippen MR) is 58.1 cm³/mol. The molecule has 2 unspecified atom stereocenters. The minimum atomic E-state index is 0.238. The summed E-state index contributed by atoms with van der Waals surface area (Å²) in [5, 5.41) is 0. The van der Waals surface area contributed by atoms with Crippen LogP contribution >= 0.6 is 0 Å². The van der Waals surface area contributed by atoms with E-state index >= 15 is 0 Å². The van der Waals surface area contributed by atoms with Crippen LogP contribution in [0.1, 0.15) is 44.9 Å². The first-order chi connectivity index (χ1) is 6.75. The molecule has 2 aliphatic carbocycles. The molecule has 0 spiro atoms. The van der Waals surface area contributed by atoms with E-state index in [2.05, 4.69) is 4.90 Å². The summed E-state index contributed by atoms with van der Waals surface area (Å²) in [7, 11) is 0. The van der Waals surface area contributed by atoms with E-state index in [4.69, 9.17) is 5.73 Å². The lowest BCUT2D eigenvalue weighted by Crippen LogP contribution is -2.49. The Morgan fingerprint density at radius 3 is 2.64 bits per heavy atom. The van der Waals surface area contributed by atoms with Crippen molar-refractivity contribution in [3.63, 3.8) is 0 Å². The molecule has 2 N–H and O–H groups in total. The maximum absolute atomic E-state index is 6.25. The van der Waals surface area contributed by atoms with Gasteiger partial charge in [-0.05, 0) is 50.9 Å². The number of rotatable bonds is 3. The number of piperidine rings is 1. The van der Waals surface area contributed by atoms with Crippen LogP contribution in [-0.2, 0) is 0 Å². The first-order valence-corrected chi connectivity index (χ1v) is 6.28. The van der Waals surface area contributed by atoms with Gasteiger partial charge in [-0.15, -0.1) is 0 Å². The van der Waals surface area contributed by atoms with Gasteiger partial charge in [-0.1, -0.05) is 0 Å². The predicted octanol–water partition coefficient (Wildman–Crippen LogP) is 1.74. The van der Waals surface area contributed by atoms with E-state index in [1.54, 1.807) is 0 Å². The van der Waals surface area contributed by atoms with Gasteiger partial charge in [-0.2, -0.15) is 0 Å². The van der Waals surface area contributed by atoms with Crippen LogP contribution in [0.4, 0.5) is 0 Å². The molecule has 0 aromatic rings. The summed E-state index contributed by atoms with van der Waals surface area (Å²) < 4.78 is 0. The Bertz CT molecular complexity index is 222.